The maximum absolute atomic E-state index is 13.5. The molecule has 6 nitrogen and oxygen atoms in total. The molecule has 3 rings (SSSR count). The van der Waals surface area contributed by atoms with E-state index in [1.807, 2.05) is 57.7 Å². The second kappa shape index (κ2) is 11.3. The van der Waals surface area contributed by atoms with Crippen molar-refractivity contribution in [3.05, 3.63) is 50.7 Å². The summed E-state index contributed by atoms with van der Waals surface area (Å²) in [6, 6.07) is 7.22. The quantitative estimate of drug-likeness (QED) is 0.535. The van der Waals surface area contributed by atoms with E-state index < -0.39 is 0 Å². The van der Waals surface area contributed by atoms with Gasteiger partial charge < -0.3 is 19.9 Å². The van der Waals surface area contributed by atoms with Crippen LogP contribution in [0.3, 0.4) is 0 Å². The summed E-state index contributed by atoms with van der Waals surface area (Å²) in [5, 5.41) is 5.69. The minimum Gasteiger partial charge on any atom is -0.491 e. The Hall–Kier alpha value is -2.25. The first-order valence-corrected chi connectivity index (χ1v) is 12.8. The van der Waals surface area contributed by atoms with Crippen molar-refractivity contribution >= 4 is 34.9 Å². The van der Waals surface area contributed by atoms with Crippen molar-refractivity contribution in [1.29, 1.82) is 0 Å². The second-order valence-corrected chi connectivity index (χ2v) is 10.3. The molecule has 1 aromatic heterocycles. The maximum atomic E-state index is 13.5. The Morgan fingerprint density at radius 1 is 1.30 bits per heavy atom. The Labute approximate surface area is 205 Å². The Morgan fingerprint density at radius 2 is 2.06 bits per heavy atom. The average molecular weight is 492 g/mol. The zero-order valence-corrected chi connectivity index (χ0v) is 21.6. The van der Waals surface area contributed by atoms with Gasteiger partial charge in [-0.15, -0.1) is 11.3 Å². The number of halogens is 1. The van der Waals surface area contributed by atoms with Crippen LogP contribution in [0.4, 0.5) is 4.79 Å². The summed E-state index contributed by atoms with van der Waals surface area (Å²) in [5.41, 5.74) is 2.08. The van der Waals surface area contributed by atoms with Gasteiger partial charge in [0.1, 0.15) is 18.9 Å². The Bertz CT molecular complexity index is 978. The number of amides is 3. The lowest BCUT2D eigenvalue weighted by atomic mass is 10.00. The number of hydrogen-bond donors (Lipinski definition) is 1. The Morgan fingerprint density at radius 3 is 2.73 bits per heavy atom. The van der Waals surface area contributed by atoms with Crippen molar-refractivity contribution in [3.63, 3.8) is 0 Å². The molecule has 2 atom stereocenters. The van der Waals surface area contributed by atoms with Gasteiger partial charge in [0, 0.05) is 28.5 Å². The van der Waals surface area contributed by atoms with Gasteiger partial charge in [0.05, 0.1) is 6.04 Å². The third kappa shape index (κ3) is 6.21. The van der Waals surface area contributed by atoms with Crippen LogP contribution in [0.15, 0.2) is 29.6 Å². The number of aryl methyl sites for hydroxylation is 1. The molecule has 0 aliphatic carbocycles. The fourth-order valence-electron chi connectivity index (χ4n) is 3.97. The number of rotatable bonds is 8. The van der Waals surface area contributed by atoms with Crippen LogP contribution in [0.1, 0.15) is 56.2 Å². The number of urea groups is 1. The molecule has 2 heterocycles. The lowest BCUT2D eigenvalue weighted by molar-refractivity contribution is -0.136. The standard InChI is InChI=1S/C25H34ClN3O3S/c1-6-18(5)29(25(31)27-16(2)3)14-24(30)28-11-9-23-20(10-12-33-23)22(28)15-32-19-7-8-21(26)17(4)13-19/h7-8,10,12-13,16,18,22H,6,9,11,14-15H2,1-5H3,(H,27,31)/t18-,22-/m0/s1. The zero-order chi connectivity index (χ0) is 24.1. The maximum Gasteiger partial charge on any atom is 0.318 e. The van der Waals surface area contributed by atoms with E-state index in [0.29, 0.717) is 18.2 Å². The summed E-state index contributed by atoms with van der Waals surface area (Å²) in [5.74, 6) is 0.663. The predicted octanol–water partition coefficient (Wildman–Crippen LogP) is 5.43. The molecule has 33 heavy (non-hydrogen) atoms. The van der Waals surface area contributed by atoms with Crippen LogP contribution >= 0.6 is 22.9 Å². The minimum atomic E-state index is -0.203. The van der Waals surface area contributed by atoms with Gasteiger partial charge in [-0.25, -0.2) is 4.79 Å². The molecule has 3 amide bonds. The number of nitrogens with zero attached hydrogens (tertiary/aromatic N) is 2. The molecule has 0 saturated carbocycles. The summed E-state index contributed by atoms with van der Waals surface area (Å²) < 4.78 is 6.12. The molecule has 0 radical (unpaired) electrons. The lowest BCUT2D eigenvalue weighted by Gasteiger charge is -2.38. The first-order valence-electron chi connectivity index (χ1n) is 11.5. The van der Waals surface area contributed by atoms with Gasteiger partial charge >= 0.3 is 6.03 Å². The van der Waals surface area contributed by atoms with Gasteiger partial charge in [0.25, 0.3) is 0 Å². The molecular formula is C25H34ClN3O3S. The second-order valence-electron chi connectivity index (χ2n) is 8.86. The van der Waals surface area contributed by atoms with Crippen LogP contribution in [0, 0.1) is 6.92 Å². The molecule has 180 valence electrons. The average Bonchev–Trinajstić information content (AvgIpc) is 3.26. The number of fused-ring (bicyclic) bond motifs is 1. The predicted molar refractivity (Wildman–Crippen MR) is 134 cm³/mol. The van der Waals surface area contributed by atoms with E-state index in [2.05, 4.69) is 16.8 Å². The summed E-state index contributed by atoms with van der Waals surface area (Å²) in [6.45, 7) is 10.8. The highest BCUT2D eigenvalue weighted by Gasteiger charge is 2.34. The van der Waals surface area contributed by atoms with Crippen molar-refractivity contribution < 1.29 is 14.3 Å². The number of hydrogen-bond acceptors (Lipinski definition) is 4. The number of ether oxygens (including phenoxy) is 1. The summed E-state index contributed by atoms with van der Waals surface area (Å²) in [7, 11) is 0. The molecule has 0 saturated heterocycles. The fraction of sp³-hybridized carbons (Fsp3) is 0.520. The van der Waals surface area contributed by atoms with Crippen molar-refractivity contribution in [1.82, 2.24) is 15.1 Å². The van der Waals surface area contributed by atoms with E-state index in [9.17, 15) is 9.59 Å². The highest BCUT2D eigenvalue weighted by molar-refractivity contribution is 7.10. The molecule has 1 aliphatic heterocycles. The first-order chi connectivity index (χ1) is 15.7. The summed E-state index contributed by atoms with van der Waals surface area (Å²) >= 11 is 7.86. The topological polar surface area (TPSA) is 61.9 Å². The van der Waals surface area contributed by atoms with Gasteiger partial charge in [-0.05, 0) is 81.3 Å². The van der Waals surface area contributed by atoms with E-state index in [1.165, 1.54) is 4.88 Å². The molecule has 0 bridgehead atoms. The van der Waals surface area contributed by atoms with Crippen LogP contribution < -0.4 is 10.1 Å². The normalized spacial score (nSPS) is 16.3. The van der Waals surface area contributed by atoms with Gasteiger partial charge in [-0.1, -0.05) is 18.5 Å². The lowest BCUT2D eigenvalue weighted by Crippen LogP contribution is -2.53. The first kappa shape index (κ1) is 25.4. The molecule has 1 aliphatic rings. The molecule has 8 heteroatoms. The summed E-state index contributed by atoms with van der Waals surface area (Å²) in [6.07, 6.45) is 1.59. The van der Waals surface area contributed by atoms with Crippen molar-refractivity contribution in [2.24, 2.45) is 0 Å². The highest BCUT2D eigenvalue weighted by Crippen LogP contribution is 2.34. The van der Waals surface area contributed by atoms with E-state index in [0.717, 1.165) is 29.7 Å². The van der Waals surface area contributed by atoms with Crippen LogP contribution in [0.25, 0.3) is 0 Å². The van der Waals surface area contributed by atoms with E-state index in [4.69, 9.17) is 16.3 Å². The summed E-state index contributed by atoms with van der Waals surface area (Å²) in [4.78, 5) is 31.1. The van der Waals surface area contributed by atoms with Gasteiger partial charge in [0.2, 0.25) is 5.91 Å². The van der Waals surface area contributed by atoms with Gasteiger partial charge in [0.15, 0.2) is 0 Å². The molecular weight excluding hydrogens is 458 g/mol. The largest absolute Gasteiger partial charge is 0.491 e. The Kier molecular flexibility index (Phi) is 8.65. The number of thiophene rings is 1. The monoisotopic (exact) mass is 491 g/mol. The SMILES string of the molecule is CC[C@H](C)N(CC(=O)N1CCc2sccc2[C@@H]1COc1ccc(Cl)c(C)c1)C(=O)NC(C)C. The number of nitrogens with one attached hydrogen (secondary N) is 1. The number of benzene rings is 1. The molecule has 1 N–H and O–H groups in total. The van der Waals surface area contributed by atoms with Gasteiger partial charge in [-0.3, -0.25) is 4.79 Å². The Balaban J connectivity index is 1.79. The van der Waals surface area contributed by atoms with Crippen molar-refractivity contribution in [2.45, 2.75) is 65.6 Å². The van der Waals surface area contributed by atoms with Crippen molar-refractivity contribution in [2.75, 3.05) is 19.7 Å². The molecule has 0 unspecified atom stereocenters. The number of carbonyl (C=O) groups excluding carboxylic acids is 2. The molecule has 0 spiro atoms. The fourth-order valence-corrected chi connectivity index (χ4v) is 5.02. The van der Waals surface area contributed by atoms with E-state index in [-0.39, 0.29) is 36.6 Å². The van der Waals surface area contributed by atoms with Crippen LogP contribution in [0.2, 0.25) is 5.02 Å². The van der Waals surface area contributed by atoms with Crippen molar-refractivity contribution in [3.8, 4) is 5.75 Å². The highest BCUT2D eigenvalue weighted by atomic mass is 35.5. The molecule has 2 aromatic rings. The van der Waals surface area contributed by atoms with Gasteiger partial charge in [-0.2, -0.15) is 0 Å². The molecule has 0 fully saturated rings. The molecule has 1 aromatic carbocycles. The third-order valence-corrected chi connectivity index (χ3v) is 7.47. The van der Waals surface area contributed by atoms with Crippen LogP contribution in [-0.2, 0) is 11.2 Å². The van der Waals surface area contributed by atoms with E-state index >= 15 is 0 Å². The van der Waals surface area contributed by atoms with Crippen LogP contribution in [0.5, 0.6) is 5.75 Å². The smallest absolute Gasteiger partial charge is 0.318 e. The number of carbonyl (C=O) groups is 2. The third-order valence-electron chi connectivity index (χ3n) is 6.05. The zero-order valence-electron chi connectivity index (χ0n) is 20.1. The minimum absolute atomic E-state index is 0.00601. The van der Waals surface area contributed by atoms with E-state index in [1.54, 1.807) is 16.2 Å². The van der Waals surface area contributed by atoms with Crippen LogP contribution in [-0.4, -0.2) is 53.5 Å².